The van der Waals surface area contributed by atoms with Crippen molar-refractivity contribution in [2.75, 3.05) is 14.2 Å². The van der Waals surface area contributed by atoms with Crippen LogP contribution in [0.25, 0.3) is 0 Å². The second-order valence-corrected chi connectivity index (χ2v) is 6.91. The minimum absolute atomic E-state index is 0.0333. The molecule has 0 aromatic rings. The Hall–Kier alpha value is -2.29. The van der Waals surface area contributed by atoms with Crippen molar-refractivity contribution in [3.8, 4) is 0 Å². The summed E-state index contributed by atoms with van der Waals surface area (Å²) in [6.07, 6.45) is 0.482. The zero-order valence-electron chi connectivity index (χ0n) is 16.4. The fraction of sp³-hybridized carbons (Fsp3) is 0.706. The van der Waals surface area contributed by atoms with Crippen molar-refractivity contribution in [1.29, 1.82) is 0 Å². The number of carbonyl (C=O) groups excluding carboxylic acids is 2. The lowest BCUT2D eigenvalue weighted by molar-refractivity contribution is -0.140. The Labute approximate surface area is 154 Å². The van der Waals surface area contributed by atoms with Crippen molar-refractivity contribution in [1.82, 2.24) is 4.90 Å². The van der Waals surface area contributed by atoms with Crippen LogP contribution in [-0.4, -0.2) is 59.8 Å². The highest BCUT2D eigenvalue weighted by molar-refractivity contribution is 5.89. The molecule has 9 heteroatoms. The highest BCUT2D eigenvalue weighted by Gasteiger charge is 2.28. The molecule has 0 fully saturated rings. The number of amides is 1. The molecule has 2 unspecified atom stereocenters. The topological polar surface area (TPSA) is 124 Å². The molecule has 0 aliphatic rings. The molecule has 0 aromatic carbocycles. The summed E-state index contributed by atoms with van der Waals surface area (Å²) in [6, 6.07) is -0.644. The van der Waals surface area contributed by atoms with Gasteiger partial charge in [-0.05, 0) is 53.5 Å². The Kier molecular flexibility index (Phi) is 9.71. The number of ether oxygens (including phenoxy) is 2. The van der Waals surface area contributed by atoms with Gasteiger partial charge in [0.05, 0.1) is 19.3 Å². The van der Waals surface area contributed by atoms with Gasteiger partial charge in [0, 0.05) is 7.05 Å². The van der Waals surface area contributed by atoms with E-state index in [4.69, 9.17) is 15.3 Å². The minimum atomic E-state index is -0.785. The predicted octanol–water partition coefficient (Wildman–Crippen LogP) is 1.75. The second-order valence-electron chi connectivity index (χ2n) is 6.91. The van der Waals surface area contributed by atoms with Gasteiger partial charge in [0.25, 0.3) is 0 Å². The van der Waals surface area contributed by atoms with Gasteiger partial charge < -0.3 is 30.1 Å². The average Bonchev–Trinajstić information content (AvgIpc) is 2.52. The van der Waals surface area contributed by atoms with Crippen molar-refractivity contribution in [3.63, 3.8) is 0 Å². The first-order valence-corrected chi connectivity index (χ1v) is 8.30. The first kappa shape index (κ1) is 23.7. The van der Waals surface area contributed by atoms with Crippen LogP contribution in [0.2, 0.25) is 0 Å². The summed E-state index contributed by atoms with van der Waals surface area (Å²) in [5, 5.41) is 13.1. The number of hydrogen-bond acceptors (Lipinski definition) is 7. The molecule has 0 aromatic heterocycles. The van der Waals surface area contributed by atoms with Crippen molar-refractivity contribution in [3.05, 3.63) is 12.3 Å². The van der Waals surface area contributed by atoms with Crippen molar-refractivity contribution < 1.29 is 29.0 Å². The minimum Gasteiger partial charge on any atom is -0.463 e. The molecule has 0 aliphatic heterocycles. The number of methoxy groups -OCH3 is 1. The molecule has 9 nitrogen and oxygen atoms in total. The largest absolute Gasteiger partial charge is 0.463 e. The number of carbonyl (C=O) groups is 2. The number of oxime groups is 1. The highest BCUT2D eigenvalue weighted by Crippen LogP contribution is 2.15. The molecule has 0 spiro atoms. The van der Waals surface area contributed by atoms with E-state index in [9.17, 15) is 14.7 Å². The van der Waals surface area contributed by atoms with Crippen LogP contribution in [0.3, 0.4) is 0 Å². The third-order valence-corrected chi connectivity index (χ3v) is 3.26. The van der Waals surface area contributed by atoms with Gasteiger partial charge in [-0.15, -0.1) is 0 Å². The van der Waals surface area contributed by atoms with Gasteiger partial charge in [-0.2, -0.15) is 0 Å². The number of nitrogens with two attached hydrogens (primary N) is 1. The number of aliphatic hydroxyl groups excluding tert-OH is 1. The summed E-state index contributed by atoms with van der Waals surface area (Å²) in [7, 11) is 2.71. The molecular weight excluding hydrogens is 342 g/mol. The van der Waals surface area contributed by atoms with E-state index in [1.54, 1.807) is 27.7 Å². The molecule has 3 N–H and O–H groups in total. The molecule has 0 rings (SSSR count). The van der Waals surface area contributed by atoms with Crippen LogP contribution >= 0.6 is 0 Å². The van der Waals surface area contributed by atoms with E-state index >= 15 is 0 Å². The maximum absolute atomic E-state index is 12.3. The normalized spacial score (nSPS) is 14.2. The van der Waals surface area contributed by atoms with Crippen molar-refractivity contribution >= 4 is 17.9 Å². The number of esters is 1. The van der Waals surface area contributed by atoms with Gasteiger partial charge in [-0.25, -0.2) is 9.59 Å². The van der Waals surface area contributed by atoms with Crippen LogP contribution in [0.15, 0.2) is 17.5 Å². The van der Waals surface area contributed by atoms with E-state index in [0.717, 1.165) is 0 Å². The standard InChI is InChI=1S/C17H31N3O6/c1-11(21)9-8-10-13(20(6)16(23)25-17(3,4)5)14(18)19-26-12(2)15(22)24-7/h11,13,21H,2,8-10H2,1,3-7H3,(H2,18,19). The van der Waals surface area contributed by atoms with Gasteiger partial charge in [-0.3, -0.25) is 0 Å². The molecule has 0 heterocycles. The fourth-order valence-electron chi connectivity index (χ4n) is 1.93. The summed E-state index contributed by atoms with van der Waals surface area (Å²) in [4.78, 5) is 29.7. The van der Waals surface area contributed by atoms with Crippen LogP contribution in [0, 0.1) is 0 Å². The monoisotopic (exact) mass is 373 g/mol. The van der Waals surface area contributed by atoms with E-state index in [-0.39, 0.29) is 11.6 Å². The van der Waals surface area contributed by atoms with E-state index in [1.807, 2.05) is 0 Å². The van der Waals surface area contributed by atoms with Crippen LogP contribution in [0.4, 0.5) is 4.79 Å². The first-order valence-electron chi connectivity index (χ1n) is 8.30. The fourth-order valence-corrected chi connectivity index (χ4v) is 1.93. The Morgan fingerprint density at radius 1 is 1.31 bits per heavy atom. The molecule has 150 valence electrons. The maximum Gasteiger partial charge on any atom is 0.410 e. The smallest absolute Gasteiger partial charge is 0.410 e. The van der Waals surface area contributed by atoms with Crippen LogP contribution < -0.4 is 5.73 Å². The van der Waals surface area contributed by atoms with E-state index in [1.165, 1.54) is 19.1 Å². The average molecular weight is 373 g/mol. The molecule has 0 bridgehead atoms. The molecule has 0 radical (unpaired) electrons. The lowest BCUT2D eigenvalue weighted by Crippen LogP contribution is -2.47. The number of hydrogen-bond donors (Lipinski definition) is 2. The van der Waals surface area contributed by atoms with E-state index in [0.29, 0.717) is 19.3 Å². The van der Waals surface area contributed by atoms with Gasteiger partial charge in [0.2, 0.25) is 5.76 Å². The van der Waals surface area contributed by atoms with Crippen molar-refractivity contribution in [2.45, 2.75) is 64.7 Å². The zero-order chi connectivity index (χ0) is 20.5. The molecular formula is C17H31N3O6. The first-order chi connectivity index (χ1) is 11.9. The Balaban J connectivity index is 5.21. The summed E-state index contributed by atoms with van der Waals surface area (Å²) in [6.45, 7) is 10.3. The van der Waals surface area contributed by atoms with Gasteiger partial charge in [-0.1, -0.05) is 5.16 Å². The van der Waals surface area contributed by atoms with Crippen LogP contribution in [-0.2, 0) is 19.1 Å². The Bertz CT molecular complexity index is 525. The maximum atomic E-state index is 12.3. The SMILES string of the molecule is C=C(O/N=C(\N)C(CCCC(C)O)N(C)C(=O)OC(C)(C)C)C(=O)OC. The Morgan fingerprint density at radius 2 is 1.88 bits per heavy atom. The lowest BCUT2D eigenvalue weighted by atomic mass is 10.1. The predicted molar refractivity (Wildman–Crippen MR) is 97.2 cm³/mol. The third kappa shape index (κ3) is 9.26. The van der Waals surface area contributed by atoms with Gasteiger partial charge in [0.1, 0.15) is 5.60 Å². The van der Waals surface area contributed by atoms with Crippen molar-refractivity contribution in [2.24, 2.45) is 10.9 Å². The molecule has 0 saturated carbocycles. The van der Waals surface area contributed by atoms with E-state index < -0.39 is 29.8 Å². The molecule has 26 heavy (non-hydrogen) atoms. The summed E-state index contributed by atoms with van der Waals surface area (Å²) in [5.74, 6) is -1.15. The van der Waals surface area contributed by atoms with Crippen LogP contribution in [0.1, 0.15) is 47.0 Å². The lowest BCUT2D eigenvalue weighted by Gasteiger charge is -2.30. The number of aliphatic hydroxyl groups is 1. The summed E-state index contributed by atoms with van der Waals surface area (Å²) in [5.41, 5.74) is 5.28. The molecule has 0 aliphatic carbocycles. The second kappa shape index (κ2) is 10.6. The van der Waals surface area contributed by atoms with Gasteiger partial charge in [0.15, 0.2) is 5.84 Å². The van der Waals surface area contributed by atoms with Gasteiger partial charge >= 0.3 is 12.1 Å². The Morgan fingerprint density at radius 3 is 2.35 bits per heavy atom. The van der Waals surface area contributed by atoms with Crippen LogP contribution in [0.5, 0.6) is 0 Å². The number of amidine groups is 1. The summed E-state index contributed by atoms with van der Waals surface area (Å²) < 4.78 is 9.78. The number of nitrogens with zero attached hydrogens (tertiary/aromatic N) is 2. The summed E-state index contributed by atoms with van der Waals surface area (Å²) >= 11 is 0. The molecule has 2 atom stereocenters. The number of rotatable bonds is 9. The highest BCUT2D eigenvalue weighted by atomic mass is 16.7. The zero-order valence-corrected chi connectivity index (χ0v) is 16.4. The van der Waals surface area contributed by atoms with E-state index in [2.05, 4.69) is 16.5 Å². The number of likely N-dealkylation sites (N-methyl/N-ethyl adjacent to an activating group) is 1. The third-order valence-electron chi connectivity index (χ3n) is 3.26. The molecule has 1 amide bonds. The quantitative estimate of drug-likeness (QED) is 0.158. The molecule has 0 saturated heterocycles.